The molecule has 2 aromatic carbocycles. The molecular weight excluding hydrogens is 303 g/mol. The molecule has 0 radical (unpaired) electrons. The molecule has 106 valence electrons. The van der Waals surface area contributed by atoms with E-state index in [2.05, 4.69) is 0 Å². The highest BCUT2D eigenvalue weighted by atomic mass is 35.5. The van der Waals surface area contributed by atoms with E-state index in [1.807, 2.05) is 0 Å². The highest BCUT2D eigenvalue weighted by molar-refractivity contribution is 6.31. The Kier molecular flexibility index (Phi) is 4.29. The predicted molar refractivity (Wildman–Crippen MR) is 70.5 cm³/mol. The smallest absolute Gasteiger partial charge is 0.184 e. The number of carbonyl (C=O) groups excluding carboxylic acids is 1. The molecule has 0 aliphatic heterocycles. The molecule has 0 aliphatic carbocycles. The standard InChI is InChI=1S/C15H7ClF3NO/c16-14-6-9(17)1-2-12(14)13(7-20)15(21)8-3-10(18)5-11(19)4-8/h1-6,13H. The van der Waals surface area contributed by atoms with Gasteiger partial charge in [-0.05, 0) is 29.8 Å². The summed E-state index contributed by atoms with van der Waals surface area (Å²) in [4.78, 5) is 12.2. The molecule has 2 nitrogen and oxygen atoms in total. The topological polar surface area (TPSA) is 40.9 Å². The van der Waals surface area contributed by atoms with E-state index in [4.69, 9.17) is 16.9 Å². The number of ketones is 1. The van der Waals surface area contributed by atoms with E-state index in [1.165, 1.54) is 6.07 Å². The van der Waals surface area contributed by atoms with Gasteiger partial charge in [0, 0.05) is 16.7 Å². The van der Waals surface area contributed by atoms with Crippen molar-refractivity contribution >= 4 is 17.4 Å². The Morgan fingerprint density at radius 1 is 1.05 bits per heavy atom. The molecule has 0 spiro atoms. The van der Waals surface area contributed by atoms with Crippen LogP contribution in [0.3, 0.4) is 0 Å². The molecule has 0 N–H and O–H groups in total. The molecule has 21 heavy (non-hydrogen) atoms. The zero-order chi connectivity index (χ0) is 15.6. The second-order valence-corrected chi connectivity index (χ2v) is 4.66. The summed E-state index contributed by atoms with van der Waals surface area (Å²) >= 11 is 5.81. The number of hydrogen-bond donors (Lipinski definition) is 0. The van der Waals surface area contributed by atoms with Crippen molar-refractivity contribution in [3.63, 3.8) is 0 Å². The van der Waals surface area contributed by atoms with E-state index >= 15 is 0 Å². The first-order valence-corrected chi connectivity index (χ1v) is 6.15. The van der Waals surface area contributed by atoms with Gasteiger partial charge in [-0.2, -0.15) is 5.26 Å². The Hall–Kier alpha value is -2.32. The minimum atomic E-state index is -1.38. The largest absolute Gasteiger partial charge is 0.292 e. The minimum Gasteiger partial charge on any atom is -0.292 e. The molecule has 6 heteroatoms. The quantitative estimate of drug-likeness (QED) is 0.795. The van der Waals surface area contributed by atoms with Gasteiger partial charge in [0.05, 0.1) is 6.07 Å². The Morgan fingerprint density at radius 3 is 2.19 bits per heavy atom. The van der Waals surface area contributed by atoms with Crippen LogP contribution in [0.4, 0.5) is 13.2 Å². The molecule has 0 aromatic heterocycles. The summed E-state index contributed by atoms with van der Waals surface area (Å²) in [6, 6.07) is 7.18. The van der Waals surface area contributed by atoms with Gasteiger partial charge in [-0.15, -0.1) is 0 Å². The average Bonchev–Trinajstić information content (AvgIpc) is 2.40. The van der Waals surface area contributed by atoms with Crippen molar-refractivity contribution in [2.24, 2.45) is 0 Å². The average molecular weight is 310 g/mol. The number of rotatable bonds is 3. The molecule has 0 bridgehead atoms. The maximum Gasteiger partial charge on any atom is 0.184 e. The van der Waals surface area contributed by atoms with E-state index in [0.717, 1.165) is 24.3 Å². The minimum absolute atomic E-state index is 0.0789. The first-order chi connectivity index (χ1) is 9.92. The summed E-state index contributed by atoms with van der Waals surface area (Å²) in [5.74, 6) is -4.67. The summed E-state index contributed by atoms with van der Waals surface area (Å²) < 4.78 is 39.3. The fourth-order valence-corrected chi connectivity index (χ4v) is 2.14. The maximum absolute atomic E-state index is 13.1. The molecule has 0 heterocycles. The lowest BCUT2D eigenvalue weighted by molar-refractivity contribution is 0.0978. The summed E-state index contributed by atoms with van der Waals surface area (Å²) in [6.07, 6.45) is 0. The highest BCUT2D eigenvalue weighted by Crippen LogP contribution is 2.28. The lowest BCUT2D eigenvalue weighted by atomic mass is 9.91. The Bertz CT molecular complexity index is 735. The second-order valence-electron chi connectivity index (χ2n) is 4.25. The molecule has 0 saturated carbocycles. The number of nitrogens with zero attached hydrogens (tertiary/aromatic N) is 1. The van der Waals surface area contributed by atoms with Gasteiger partial charge in [0.1, 0.15) is 23.4 Å². The number of halogens is 4. The van der Waals surface area contributed by atoms with Gasteiger partial charge in [-0.1, -0.05) is 17.7 Å². The lowest BCUT2D eigenvalue weighted by Crippen LogP contribution is -2.12. The van der Waals surface area contributed by atoms with Crippen molar-refractivity contribution in [1.29, 1.82) is 5.26 Å². The predicted octanol–water partition coefficient (Wildman–Crippen LogP) is 4.25. The first-order valence-electron chi connectivity index (χ1n) is 5.77. The highest BCUT2D eigenvalue weighted by Gasteiger charge is 2.25. The Labute approximate surface area is 123 Å². The molecule has 1 unspecified atom stereocenters. The van der Waals surface area contributed by atoms with Gasteiger partial charge in [0.2, 0.25) is 0 Å². The Morgan fingerprint density at radius 2 is 1.67 bits per heavy atom. The third-order valence-electron chi connectivity index (χ3n) is 2.81. The molecule has 0 saturated heterocycles. The van der Waals surface area contributed by atoms with Crippen molar-refractivity contribution in [3.05, 3.63) is 70.0 Å². The van der Waals surface area contributed by atoms with E-state index in [1.54, 1.807) is 6.07 Å². The van der Waals surface area contributed by atoms with Crippen LogP contribution in [0.15, 0.2) is 36.4 Å². The summed E-state index contributed by atoms with van der Waals surface area (Å²) in [5.41, 5.74) is -0.213. The molecule has 2 rings (SSSR count). The molecule has 0 aliphatic rings. The van der Waals surface area contributed by atoms with Gasteiger partial charge in [-0.3, -0.25) is 4.79 Å². The number of carbonyl (C=O) groups is 1. The van der Waals surface area contributed by atoms with E-state index in [-0.39, 0.29) is 16.1 Å². The molecule has 0 amide bonds. The Balaban J connectivity index is 2.46. The molecule has 0 fully saturated rings. The molecular formula is C15H7ClF3NO. The van der Waals surface area contributed by atoms with Crippen molar-refractivity contribution in [2.45, 2.75) is 5.92 Å². The van der Waals surface area contributed by atoms with Crippen LogP contribution < -0.4 is 0 Å². The van der Waals surface area contributed by atoms with Crippen LogP contribution in [0.25, 0.3) is 0 Å². The first kappa shape index (κ1) is 15.1. The van der Waals surface area contributed by atoms with Crippen molar-refractivity contribution in [3.8, 4) is 6.07 Å². The second kappa shape index (κ2) is 5.98. The van der Waals surface area contributed by atoms with Gasteiger partial charge >= 0.3 is 0 Å². The van der Waals surface area contributed by atoms with Crippen LogP contribution in [0, 0.1) is 28.8 Å². The third-order valence-corrected chi connectivity index (χ3v) is 3.14. The maximum atomic E-state index is 13.1. The van der Waals surface area contributed by atoms with Gasteiger partial charge in [0.15, 0.2) is 5.78 Å². The van der Waals surface area contributed by atoms with Crippen LogP contribution in [-0.4, -0.2) is 5.78 Å². The SMILES string of the molecule is N#CC(C(=O)c1cc(F)cc(F)c1)c1ccc(F)cc1Cl. The normalized spacial score (nSPS) is 11.8. The molecule has 1 atom stereocenters. The fraction of sp³-hybridized carbons (Fsp3) is 0.0667. The van der Waals surface area contributed by atoms with Gasteiger partial charge in [0.25, 0.3) is 0 Å². The zero-order valence-electron chi connectivity index (χ0n) is 10.4. The van der Waals surface area contributed by atoms with E-state index in [9.17, 15) is 18.0 Å². The van der Waals surface area contributed by atoms with Crippen LogP contribution in [0.5, 0.6) is 0 Å². The lowest BCUT2D eigenvalue weighted by Gasteiger charge is -2.11. The summed E-state index contributed by atoms with van der Waals surface area (Å²) in [6.45, 7) is 0. The van der Waals surface area contributed by atoms with Crippen molar-refractivity contribution < 1.29 is 18.0 Å². The summed E-state index contributed by atoms with van der Waals surface area (Å²) in [5, 5.41) is 9.03. The van der Waals surface area contributed by atoms with Gasteiger partial charge in [-0.25, -0.2) is 13.2 Å². The van der Waals surface area contributed by atoms with E-state index in [0.29, 0.717) is 6.07 Å². The number of nitriles is 1. The van der Waals surface area contributed by atoms with Gasteiger partial charge < -0.3 is 0 Å². The van der Waals surface area contributed by atoms with Crippen LogP contribution >= 0.6 is 11.6 Å². The van der Waals surface area contributed by atoms with Crippen molar-refractivity contribution in [2.75, 3.05) is 0 Å². The van der Waals surface area contributed by atoms with Crippen LogP contribution in [0.2, 0.25) is 5.02 Å². The summed E-state index contributed by atoms with van der Waals surface area (Å²) in [7, 11) is 0. The van der Waals surface area contributed by atoms with Crippen LogP contribution in [0.1, 0.15) is 21.8 Å². The van der Waals surface area contributed by atoms with E-state index < -0.39 is 29.2 Å². The third kappa shape index (κ3) is 3.23. The van der Waals surface area contributed by atoms with Crippen molar-refractivity contribution in [1.82, 2.24) is 0 Å². The number of benzene rings is 2. The number of Topliss-reactive ketones (excluding diaryl/α,β-unsaturated/α-hetero) is 1. The van der Waals surface area contributed by atoms with Crippen LogP contribution in [-0.2, 0) is 0 Å². The fourth-order valence-electron chi connectivity index (χ4n) is 1.87. The zero-order valence-corrected chi connectivity index (χ0v) is 11.2. The number of hydrogen-bond acceptors (Lipinski definition) is 2. The molecule has 2 aromatic rings. The monoisotopic (exact) mass is 309 g/mol.